The van der Waals surface area contributed by atoms with Gasteiger partial charge in [-0.2, -0.15) is 0 Å². The number of hydrogen-bond acceptors (Lipinski definition) is 13. The number of carboxylic acids is 1. The average Bonchev–Trinajstić information content (AvgIpc) is 3.55. The van der Waals surface area contributed by atoms with Crippen LogP contribution in [0.3, 0.4) is 0 Å². The number of rotatable bonds is 26. The predicted molar refractivity (Wildman–Crippen MR) is 172 cm³/mol. The summed E-state index contributed by atoms with van der Waals surface area (Å²) < 4.78 is 32.4. The number of unbranched alkanes of at least 4 members (excludes halogenated alkanes) is 1. The largest absolute Gasteiger partial charge is 0.480 e. The fraction of sp³-hybridized carbons (Fsp3) is 0.690. The first-order valence-electron chi connectivity index (χ1n) is 15.9. The first kappa shape index (κ1) is 43.1. The van der Waals surface area contributed by atoms with E-state index in [9.17, 15) is 43.3 Å². The van der Waals surface area contributed by atoms with Crippen LogP contribution in [0.2, 0.25) is 0 Å². The van der Waals surface area contributed by atoms with Crippen LogP contribution in [0.4, 0.5) is 0 Å². The van der Waals surface area contributed by atoms with Crippen molar-refractivity contribution in [3.05, 3.63) is 18.2 Å². The Hall–Kier alpha value is -3.90. The molecule has 5 atom stereocenters. The number of imidazole rings is 1. The maximum Gasteiger partial charge on any atom is 0.472 e. The van der Waals surface area contributed by atoms with Gasteiger partial charge in [-0.05, 0) is 39.2 Å². The molecule has 278 valence electrons. The molecule has 3 amide bonds. The predicted octanol–water partition coefficient (Wildman–Crippen LogP) is 0.0896. The summed E-state index contributed by atoms with van der Waals surface area (Å²) in [6, 6.07) is -3.33. The zero-order valence-corrected chi connectivity index (χ0v) is 29.1. The number of carboxylic acid groups (broad SMARTS) is 1. The summed E-state index contributed by atoms with van der Waals surface area (Å²) in [7, 11) is -4.61. The van der Waals surface area contributed by atoms with Crippen LogP contribution in [0.5, 0.6) is 0 Å². The molecule has 20 heteroatoms. The fourth-order valence-corrected chi connectivity index (χ4v) is 4.92. The molecule has 0 saturated heterocycles. The van der Waals surface area contributed by atoms with Gasteiger partial charge in [-0.3, -0.25) is 33.0 Å². The summed E-state index contributed by atoms with van der Waals surface area (Å²) in [5.74, 6) is -4.19. The summed E-state index contributed by atoms with van der Waals surface area (Å²) >= 11 is 0. The smallest absolute Gasteiger partial charge is 0.472 e. The molecule has 7 N–H and O–H groups in total. The number of ether oxygens (including phenoxy) is 2. The highest BCUT2D eigenvalue weighted by Crippen LogP contribution is 2.44. The van der Waals surface area contributed by atoms with Gasteiger partial charge >= 0.3 is 25.7 Å². The minimum absolute atomic E-state index is 0.0665. The molecule has 1 rings (SSSR count). The molecule has 49 heavy (non-hydrogen) atoms. The normalized spacial score (nSPS) is 14.7. The lowest BCUT2D eigenvalue weighted by Gasteiger charge is -2.22. The van der Waals surface area contributed by atoms with E-state index < -0.39 is 80.9 Å². The number of nitrogens with one attached hydrogen (secondary N) is 5. The topological polar surface area (TPSA) is 274 Å². The number of aromatic amines is 1. The Morgan fingerprint density at radius 3 is 2.24 bits per heavy atom. The van der Waals surface area contributed by atoms with Gasteiger partial charge in [0.05, 0.1) is 18.6 Å². The van der Waals surface area contributed by atoms with Crippen molar-refractivity contribution in [3.8, 4) is 0 Å². The molecule has 0 radical (unpaired) electrons. The number of carbonyl (C=O) groups is 6. The molecule has 0 bridgehead atoms. The Balaban J connectivity index is 2.47. The quantitative estimate of drug-likeness (QED) is 0.0380. The molecule has 1 heterocycles. The van der Waals surface area contributed by atoms with Crippen molar-refractivity contribution in [2.75, 3.05) is 32.9 Å². The first-order valence-corrected chi connectivity index (χ1v) is 17.4. The first-order chi connectivity index (χ1) is 23.2. The van der Waals surface area contributed by atoms with Gasteiger partial charge in [0.15, 0.2) is 0 Å². The standard InChI is InChI=1S/C29H49N6O13P/c1-5-9-26(38)46-17-22(16-45-25(37)6-2)48-49(43,44)47-13-12-30-11-8-7-10-23(34-20(4)36)28(40)33-19(3)27(39)35-24(29(41)42)14-21-15-31-18-32-21/h15,18-19,22-24,30H,5-14,16-17H2,1-4H3,(H,31,32)(H,33,40)(H,34,36)(H,35,39)(H,41,42)(H,43,44). The molecule has 1 aromatic rings. The molecule has 19 nitrogen and oxygen atoms in total. The van der Waals surface area contributed by atoms with Crippen LogP contribution in [0.15, 0.2) is 12.5 Å². The van der Waals surface area contributed by atoms with Crippen molar-refractivity contribution in [1.82, 2.24) is 31.2 Å². The Labute approximate surface area is 284 Å². The van der Waals surface area contributed by atoms with Crippen LogP contribution in [-0.2, 0) is 58.3 Å². The monoisotopic (exact) mass is 720 g/mol. The number of phosphoric ester groups is 1. The second-order valence-electron chi connectivity index (χ2n) is 10.9. The van der Waals surface area contributed by atoms with Crippen LogP contribution >= 0.6 is 7.82 Å². The Morgan fingerprint density at radius 1 is 0.959 bits per heavy atom. The van der Waals surface area contributed by atoms with Gasteiger partial charge < -0.3 is 45.7 Å². The van der Waals surface area contributed by atoms with E-state index in [2.05, 4.69) is 31.2 Å². The third-order valence-corrected chi connectivity index (χ3v) is 7.62. The summed E-state index contributed by atoms with van der Waals surface area (Å²) in [5.41, 5.74) is 0.430. The van der Waals surface area contributed by atoms with Crippen molar-refractivity contribution >= 4 is 43.5 Å². The maximum absolute atomic E-state index is 12.9. The number of nitrogens with zero attached hydrogens (tertiary/aromatic N) is 1. The molecule has 0 aromatic carbocycles. The maximum atomic E-state index is 12.9. The van der Waals surface area contributed by atoms with E-state index >= 15 is 0 Å². The Bertz CT molecular complexity index is 1250. The van der Waals surface area contributed by atoms with Crippen molar-refractivity contribution in [2.24, 2.45) is 0 Å². The van der Waals surface area contributed by atoms with E-state index in [1.807, 2.05) is 0 Å². The van der Waals surface area contributed by atoms with Gasteiger partial charge in [0.2, 0.25) is 17.7 Å². The number of carbonyl (C=O) groups excluding carboxylic acids is 5. The Kier molecular flexibility index (Phi) is 20.6. The van der Waals surface area contributed by atoms with Crippen molar-refractivity contribution in [2.45, 2.75) is 96.9 Å². The summed E-state index contributed by atoms with van der Waals surface area (Å²) in [6.45, 7) is 5.49. The van der Waals surface area contributed by atoms with Crippen LogP contribution in [0.25, 0.3) is 0 Å². The molecule has 0 spiro atoms. The van der Waals surface area contributed by atoms with Crippen LogP contribution in [0.1, 0.15) is 71.9 Å². The number of esters is 2. The zero-order valence-electron chi connectivity index (χ0n) is 28.2. The van der Waals surface area contributed by atoms with Crippen LogP contribution < -0.4 is 21.3 Å². The average molecular weight is 721 g/mol. The fourth-order valence-electron chi connectivity index (χ4n) is 4.04. The number of amides is 3. The number of H-pyrrole nitrogens is 1. The van der Waals surface area contributed by atoms with Gasteiger partial charge in [0.1, 0.15) is 37.4 Å². The zero-order chi connectivity index (χ0) is 36.8. The lowest BCUT2D eigenvalue weighted by Crippen LogP contribution is -2.54. The molecule has 0 aliphatic heterocycles. The van der Waals surface area contributed by atoms with Gasteiger partial charge in [0, 0.05) is 38.9 Å². The van der Waals surface area contributed by atoms with E-state index in [0.717, 1.165) is 0 Å². The van der Waals surface area contributed by atoms with Gasteiger partial charge in [0.25, 0.3) is 0 Å². The van der Waals surface area contributed by atoms with E-state index in [-0.39, 0.29) is 38.8 Å². The lowest BCUT2D eigenvalue weighted by atomic mass is 10.1. The van der Waals surface area contributed by atoms with Crippen molar-refractivity contribution in [1.29, 1.82) is 0 Å². The van der Waals surface area contributed by atoms with Crippen molar-refractivity contribution < 1.29 is 61.9 Å². The molecule has 0 fully saturated rings. The lowest BCUT2D eigenvalue weighted by molar-refractivity contribution is -0.152. The van der Waals surface area contributed by atoms with Crippen molar-refractivity contribution in [3.63, 3.8) is 0 Å². The van der Waals surface area contributed by atoms with Gasteiger partial charge in [-0.25, -0.2) is 14.3 Å². The number of hydrogen-bond donors (Lipinski definition) is 7. The molecule has 5 unspecified atom stereocenters. The van der Waals surface area contributed by atoms with Crippen LogP contribution in [0, 0.1) is 0 Å². The van der Waals surface area contributed by atoms with Gasteiger partial charge in [-0.15, -0.1) is 0 Å². The van der Waals surface area contributed by atoms with E-state index in [4.69, 9.17) is 18.5 Å². The second-order valence-corrected chi connectivity index (χ2v) is 12.3. The summed E-state index contributed by atoms with van der Waals surface area (Å²) in [4.78, 5) is 88.7. The summed E-state index contributed by atoms with van der Waals surface area (Å²) in [5, 5.41) is 19.9. The molecular formula is C29H49N6O13P. The Morgan fingerprint density at radius 2 is 1.65 bits per heavy atom. The molecular weight excluding hydrogens is 671 g/mol. The molecule has 1 aromatic heterocycles. The molecule has 0 saturated carbocycles. The van der Waals surface area contributed by atoms with E-state index in [1.54, 1.807) is 13.8 Å². The highest BCUT2D eigenvalue weighted by Gasteiger charge is 2.29. The minimum Gasteiger partial charge on any atom is -0.480 e. The molecule has 0 aliphatic rings. The number of phosphoric acid groups is 1. The summed E-state index contributed by atoms with van der Waals surface area (Å²) in [6.07, 6.45) is 3.58. The second kappa shape index (κ2) is 23.5. The number of aromatic nitrogens is 2. The SMILES string of the molecule is CCCC(=O)OCC(COC(=O)CC)OP(=O)(O)OCCNCCCCC(NC(C)=O)C(=O)NC(C)C(=O)NC(Cc1c[nH]cn1)C(=O)O. The third kappa shape index (κ3) is 19.6. The highest BCUT2D eigenvalue weighted by molar-refractivity contribution is 7.47. The van der Waals surface area contributed by atoms with Crippen LogP contribution in [-0.4, -0.2) is 113 Å². The highest BCUT2D eigenvalue weighted by atomic mass is 31.2. The van der Waals surface area contributed by atoms with E-state index in [0.29, 0.717) is 31.5 Å². The minimum atomic E-state index is -4.61. The van der Waals surface area contributed by atoms with Gasteiger partial charge in [-0.1, -0.05) is 13.8 Å². The third-order valence-electron chi connectivity index (χ3n) is 6.54. The molecule has 0 aliphatic carbocycles. The number of aliphatic carboxylic acids is 1. The van der Waals surface area contributed by atoms with E-state index in [1.165, 1.54) is 26.4 Å².